The minimum Gasteiger partial charge on any atom is -0.434 e. The summed E-state index contributed by atoms with van der Waals surface area (Å²) in [7, 11) is 1.66. The first-order valence-corrected chi connectivity index (χ1v) is 9.15. The maximum absolute atomic E-state index is 12.5. The van der Waals surface area contributed by atoms with Gasteiger partial charge in [-0.25, -0.2) is 4.98 Å². The lowest BCUT2D eigenvalue weighted by atomic mass is 10.1. The van der Waals surface area contributed by atoms with Crippen molar-refractivity contribution in [1.82, 2.24) is 20.2 Å². The van der Waals surface area contributed by atoms with Gasteiger partial charge in [0.2, 0.25) is 0 Å². The van der Waals surface area contributed by atoms with Gasteiger partial charge in [0.15, 0.2) is 5.96 Å². The first kappa shape index (κ1) is 23.6. The number of halogens is 3. The number of benzene rings is 2. The van der Waals surface area contributed by atoms with Gasteiger partial charge in [0.05, 0.1) is 6.33 Å². The lowest BCUT2D eigenvalue weighted by Gasteiger charge is -2.14. The zero-order chi connectivity index (χ0) is 20.5. The Balaban J connectivity index is 0.00000320. The maximum atomic E-state index is 12.5. The van der Waals surface area contributed by atoms with E-state index in [1.54, 1.807) is 37.8 Å². The predicted octanol–water partition coefficient (Wildman–Crippen LogP) is 4.02. The molecule has 0 radical (unpaired) electrons. The van der Waals surface area contributed by atoms with Gasteiger partial charge in [0, 0.05) is 44.6 Å². The van der Waals surface area contributed by atoms with E-state index in [1.165, 1.54) is 11.6 Å². The minimum atomic E-state index is -2.86. The molecular formula is C21H24F2IN5O. The van der Waals surface area contributed by atoms with Crippen LogP contribution < -0.4 is 15.4 Å². The first-order valence-electron chi connectivity index (χ1n) is 9.15. The van der Waals surface area contributed by atoms with Gasteiger partial charge in [-0.3, -0.25) is 4.99 Å². The number of ether oxygens (including phenoxy) is 1. The van der Waals surface area contributed by atoms with Crippen LogP contribution in [0, 0.1) is 0 Å². The van der Waals surface area contributed by atoms with E-state index in [0.29, 0.717) is 24.6 Å². The van der Waals surface area contributed by atoms with Crippen molar-refractivity contribution in [3.05, 3.63) is 83.9 Å². The van der Waals surface area contributed by atoms with Crippen LogP contribution >= 0.6 is 24.0 Å². The molecule has 30 heavy (non-hydrogen) atoms. The van der Waals surface area contributed by atoms with Gasteiger partial charge in [-0.1, -0.05) is 42.5 Å². The number of nitrogens with one attached hydrogen (secondary N) is 2. The van der Waals surface area contributed by atoms with E-state index in [1.807, 2.05) is 10.8 Å². The van der Waals surface area contributed by atoms with Crippen LogP contribution in [-0.4, -0.2) is 29.2 Å². The minimum absolute atomic E-state index is 0. The smallest absolute Gasteiger partial charge is 0.387 e. The van der Waals surface area contributed by atoms with Gasteiger partial charge in [-0.05, 0) is 17.2 Å². The fraction of sp³-hybridized carbons (Fsp3) is 0.238. The van der Waals surface area contributed by atoms with Gasteiger partial charge in [0.1, 0.15) is 5.75 Å². The van der Waals surface area contributed by atoms with Crippen LogP contribution in [0.15, 0.2) is 72.2 Å². The van der Waals surface area contributed by atoms with Crippen molar-refractivity contribution in [2.24, 2.45) is 4.99 Å². The zero-order valence-corrected chi connectivity index (χ0v) is 18.8. The highest BCUT2D eigenvalue weighted by Crippen LogP contribution is 2.19. The Kier molecular flexibility index (Phi) is 9.52. The van der Waals surface area contributed by atoms with Crippen LogP contribution in [0.3, 0.4) is 0 Å². The van der Waals surface area contributed by atoms with Gasteiger partial charge in [-0.2, -0.15) is 8.78 Å². The van der Waals surface area contributed by atoms with E-state index in [0.717, 1.165) is 12.1 Å². The second kappa shape index (κ2) is 12.1. The number of para-hydroxylation sites is 1. The Labute approximate surface area is 191 Å². The van der Waals surface area contributed by atoms with Gasteiger partial charge in [-0.15, -0.1) is 24.0 Å². The SMILES string of the molecule is CN=C(NCc1ccc(Cn2ccnc2)cc1)NCc1ccccc1OC(F)F.I. The molecule has 0 unspecified atom stereocenters. The van der Waals surface area contributed by atoms with Crippen molar-refractivity contribution in [2.45, 2.75) is 26.2 Å². The molecule has 0 amide bonds. The molecule has 9 heteroatoms. The lowest BCUT2D eigenvalue weighted by Crippen LogP contribution is -2.36. The fourth-order valence-electron chi connectivity index (χ4n) is 2.80. The van der Waals surface area contributed by atoms with Crippen LogP contribution in [0.25, 0.3) is 0 Å². The molecule has 0 aliphatic heterocycles. The molecule has 0 aliphatic rings. The molecular weight excluding hydrogens is 503 g/mol. The molecule has 0 aliphatic carbocycles. The normalized spacial score (nSPS) is 11.1. The predicted molar refractivity (Wildman–Crippen MR) is 123 cm³/mol. The molecule has 3 rings (SSSR count). The molecule has 2 aromatic carbocycles. The Morgan fingerprint density at radius 3 is 2.43 bits per heavy atom. The van der Waals surface area contributed by atoms with Crippen molar-refractivity contribution < 1.29 is 13.5 Å². The summed E-state index contributed by atoms with van der Waals surface area (Å²) >= 11 is 0. The maximum Gasteiger partial charge on any atom is 0.387 e. The molecule has 0 spiro atoms. The summed E-state index contributed by atoms with van der Waals surface area (Å²) in [6, 6.07) is 14.9. The molecule has 0 fully saturated rings. The van der Waals surface area contributed by atoms with Crippen LogP contribution in [0.1, 0.15) is 16.7 Å². The third-order valence-corrected chi connectivity index (χ3v) is 4.27. The van der Waals surface area contributed by atoms with Crippen LogP contribution in [-0.2, 0) is 19.6 Å². The molecule has 0 bridgehead atoms. The van der Waals surface area contributed by atoms with E-state index < -0.39 is 6.61 Å². The number of alkyl halides is 2. The molecule has 1 heterocycles. The fourth-order valence-corrected chi connectivity index (χ4v) is 2.80. The van der Waals surface area contributed by atoms with E-state index in [9.17, 15) is 8.78 Å². The Morgan fingerprint density at radius 2 is 1.77 bits per heavy atom. The molecule has 0 saturated carbocycles. The topological polar surface area (TPSA) is 63.5 Å². The van der Waals surface area contributed by atoms with Crippen molar-refractivity contribution in [3.63, 3.8) is 0 Å². The summed E-state index contributed by atoms with van der Waals surface area (Å²) in [5.74, 6) is 0.721. The number of imidazole rings is 1. The third kappa shape index (κ3) is 7.29. The lowest BCUT2D eigenvalue weighted by molar-refractivity contribution is -0.0504. The van der Waals surface area contributed by atoms with Crippen LogP contribution in [0.2, 0.25) is 0 Å². The second-order valence-corrected chi connectivity index (χ2v) is 6.32. The molecule has 3 aromatic rings. The van der Waals surface area contributed by atoms with E-state index >= 15 is 0 Å². The standard InChI is InChI=1S/C21H23F2N5O.HI/c1-24-21(27-13-18-4-2-3-5-19(18)29-20(22)23)26-12-16-6-8-17(9-7-16)14-28-11-10-25-15-28;/h2-11,15,20H,12-14H2,1H3,(H2,24,26,27);1H. The summed E-state index contributed by atoms with van der Waals surface area (Å²) in [5.41, 5.74) is 2.91. The molecule has 2 N–H and O–H groups in total. The zero-order valence-electron chi connectivity index (χ0n) is 16.5. The highest BCUT2D eigenvalue weighted by molar-refractivity contribution is 14.0. The first-order chi connectivity index (χ1) is 14.1. The largest absolute Gasteiger partial charge is 0.434 e. The highest BCUT2D eigenvalue weighted by Gasteiger charge is 2.09. The molecule has 160 valence electrons. The summed E-state index contributed by atoms with van der Waals surface area (Å²) in [4.78, 5) is 8.21. The van der Waals surface area contributed by atoms with Crippen molar-refractivity contribution in [3.8, 4) is 5.75 Å². The van der Waals surface area contributed by atoms with Gasteiger partial charge < -0.3 is 19.9 Å². The number of aliphatic imine (C=N–C) groups is 1. The quantitative estimate of drug-likeness (QED) is 0.264. The summed E-state index contributed by atoms with van der Waals surface area (Å²) in [6.45, 7) is -1.19. The van der Waals surface area contributed by atoms with Crippen molar-refractivity contribution in [1.29, 1.82) is 0 Å². The summed E-state index contributed by atoms with van der Waals surface area (Å²) in [5, 5.41) is 6.33. The van der Waals surface area contributed by atoms with Crippen molar-refractivity contribution >= 4 is 29.9 Å². The molecule has 1 aromatic heterocycles. The number of rotatable bonds is 8. The Bertz CT molecular complexity index is 917. The third-order valence-electron chi connectivity index (χ3n) is 4.27. The van der Waals surface area contributed by atoms with E-state index in [2.05, 4.69) is 49.6 Å². The molecule has 6 nitrogen and oxygen atoms in total. The average molecular weight is 527 g/mol. The second-order valence-electron chi connectivity index (χ2n) is 6.32. The average Bonchev–Trinajstić information content (AvgIpc) is 3.23. The van der Waals surface area contributed by atoms with Gasteiger partial charge >= 0.3 is 6.61 Å². The number of aromatic nitrogens is 2. The molecule has 0 saturated heterocycles. The monoisotopic (exact) mass is 527 g/mol. The number of guanidine groups is 1. The number of nitrogens with zero attached hydrogens (tertiary/aromatic N) is 3. The van der Waals surface area contributed by atoms with Crippen LogP contribution in [0.5, 0.6) is 5.75 Å². The summed E-state index contributed by atoms with van der Waals surface area (Å²) in [6.07, 6.45) is 5.47. The Morgan fingerprint density at radius 1 is 1.07 bits per heavy atom. The summed E-state index contributed by atoms with van der Waals surface area (Å²) < 4.78 is 31.6. The van der Waals surface area contributed by atoms with Crippen molar-refractivity contribution in [2.75, 3.05) is 7.05 Å². The number of hydrogen-bond donors (Lipinski definition) is 2. The van der Waals surface area contributed by atoms with Crippen LogP contribution in [0.4, 0.5) is 8.78 Å². The van der Waals surface area contributed by atoms with E-state index in [-0.39, 0.29) is 29.7 Å². The number of hydrogen-bond acceptors (Lipinski definition) is 3. The highest BCUT2D eigenvalue weighted by atomic mass is 127. The van der Waals surface area contributed by atoms with Gasteiger partial charge in [0.25, 0.3) is 0 Å². The van der Waals surface area contributed by atoms with E-state index in [4.69, 9.17) is 0 Å². The Hall–Kier alpha value is -2.69. The molecule has 0 atom stereocenters.